The van der Waals surface area contributed by atoms with Gasteiger partial charge in [-0.2, -0.15) is 0 Å². The minimum absolute atomic E-state index is 0.00598. The zero-order chi connectivity index (χ0) is 30.7. The second kappa shape index (κ2) is 11.3. The fraction of sp³-hybridized carbons (Fsp3) is 0.581. The molecule has 0 radical (unpaired) electrons. The number of hydrogen-bond acceptors (Lipinski definition) is 9. The lowest BCUT2D eigenvalue weighted by molar-refractivity contribution is -0.153. The van der Waals surface area contributed by atoms with E-state index in [1.165, 1.54) is 49.5 Å². The van der Waals surface area contributed by atoms with Crippen molar-refractivity contribution >= 4 is 34.8 Å². The van der Waals surface area contributed by atoms with E-state index in [-0.39, 0.29) is 29.7 Å². The minimum Gasteiger partial charge on any atom is -0.508 e. The van der Waals surface area contributed by atoms with Gasteiger partial charge in [-0.15, -0.1) is 0 Å². The Morgan fingerprint density at radius 1 is 1.10 bits per heavy atom. The van der Waals surface area contributed by atoms with Gasteiger partial charge in [0.2, 0.25) is 5.78 Å². The highest BCUT2D eigenvalue weighted by molar-refractivity contribution is 6.32. The molecule has 10 nitrogen and oxygen atoms in total. The normalized spacial score (nSPS) is 28.6. The number of amides is 1. The molecule has 0 aliphatic heterocycles. The Morgan fingerprint density at radius 2 is 1.74 bits per heavy atom. The molecule has 4 aliphatic rings. The summed E-state index contributed by atoms with van der Waals surface area (Å²) in [6.07, 6.45) is 7.60. The monoisotopic (exact) mass is 601 g/mol. The van der Waals surface area contributed by atoms with Gasteiger partial charge < -0.3 is 31.1 Å². The average molecular weight is 602 g/mol. The third kappa shape index (κ3) is 4.82. The highest BCUT2D eigenvalue weighted by Crippen LogP contribution is 2.53. The number of likely N-dealkylation sites (N-methyl/N-ethyl adjacent to an activating group) is 1. The molecule has 0 bridgehead atoms. The Bertz CT molecular complexity index is 1400. The van der Waals surface area contributed by atoms with E-state index in [1.807, 2.05) is 7.05 Å². The molecule has 1 aromatic carbocycles. The summed E-state index contributed by atoms with van der Waals surface area (Å²) in [4.78, 5) is 43.0. The van der Waals surface area contributed by atoms with Crippen LogP contribution in [0.2, 0.25) is 5.02 Å². The molecular weight excluding hydrogens is 562 g/mol. The van der Waals surface area contributed by atoms with Crippen molar-refractivity contribution in [3.63, 3.8) is 0 Å². The van der Waals surface area contributed by atoms with Crippen LogP contribution in [0.5, 0.6) is 5.75 Å². The van der Waals surface area contributed by atoms with Gasteiger partial charge in [0.05, 0.1) is 11.6 Å². The largest absolute Gasteiger partial charge is 0.508 e. The first-order valence-corrected chi connectivity index (χ1v) is 15.0. The first-order valence-electron chi connectivity index (χ1n) is 14.7. The summed E-state index contributed by atoms with van der Waals surface area (Å²) < 4.78 is 0. The number of hydrogen-bond donors (Lipinski definition) is 5. The number of primary amides is 1. The Balaban J connectivity index is 1.53. The molecule has 1 aromatic rings. The van der Waals surface area contributed by atoms with Gasteiger partial charge in [0.15, 0.2) is 11.4 Å². The molecule has 6 N–H and O–H groups in total. The summed E-state index contributed by atoms with van der Waals surface area (Å²) in [5.41, 5.74) is 2.88. The van der Waals surface area contributed by atoms with Gasteiger partial charge in [-0.1, -0.05) is 37.3 Å². The molecule has 2 saturated carbocycles. The van der Waals surface area contributed by atoms with E-state index in [0.717, 1.165) is 6.54 Å². The number of halogens is 1. The number of carbonyl (C=O) groups excluding carboxylic acids is 3. The second-order valence-electron chi connectivity index (χ2n) is 12.7. The standard InChI is InChI=1S/C31H40ClN3O7/c1-34(2)25-19-11-16-10-18-22(26(37)21(16)28(39)31(19,42)29(40)23(27(25)38)30(33)41)20(36)12-17(24(18)32)14-35(3)13-15-8-6-4-5-7-9-15/h12,15-16,19,25,36-37,40,42H,4-11,13-14H2,1-3H3,(H2,33,41)/t16-,19-,25-,31-/m0/s1. The highest BCUT2D eigenvalue weighted by Gasteiger charge is 2.64. The summed E-state index contributed by atoms with van der Waals surface area (Å²) in [7, 11) is 5.16. The number of phenols is 1. The number of rotatable bonds is 6. The predicted octanol–water partition coefficient (Wildman–Crippen LogP) is 3.02. The molecule has 5 rings (SSSR count). The molecule has 0 spiro atoms. The van der Waals surface area contributed by atoms with Crippen molar-refractivity contribution < 1.29 is 34.8 Å². The van der Waals surface area contributed by atoms with Gasteiger partial charge >= 0.3 is 0 Å². The summed E-state index contributed by atoms with van der Waals surface area (Å²) in [5, 5.41) is 45.5. The number of ketones is 2. The number of nitrogens with zero attached hydrogens (tertiary/aromatic N) is 2. The zero-order valence-electron chi connectivity index (χ0n) is 24.3. The van der Waals surface area contributed by atoms with Crippen LogP contribution in [0.4, 0.5) is 0 Å². The van der Waals surface area contributed by atoms with E-state index in [0.29, 0.717) is 28.6 Å². The maximum atomic E-state index is 13.9. The van der Waals surface area contributed by atoms with E-state index in [1.54, 1.807) is 14.1 Å². The maximum Gasteiger partial charge on any atom is 0.255 e. The van der Waals surface area contributed by atoms with Crippen molar-refractivity contribution in [3.05, 3.63) is 44.7 Å². The van der Waals surface area contributed by atoms with E-state index in [9.17, 15) is 34.8 Å². The van der Waals surface area contributed by atoms with Crippen LogP contribution in [-0.2, 0) is 27.3 Å². The number of fused-ring (bicyclic) bond motifs is 3. The van der Waals surface area contributed by atoms with Gasteiger partial charge in [-0.05, 0) is 75.9 Å². The van der Waals surface area contributed by atoms with Gasteiger partial charge in [0.1, 0.15) is 22.8 Å². The Kier molecular flexibility index (Phi) is 8.21. The fourth-order valence-corrected chi connectivity index (χ4v) is 8.09. The van der Waals surface area contributed by atoms with Crippen molar-refractivity contribution in [2.45, 2.75) is 69.6 Å². The molecule has 2 fully saturated rings. The number of carbonyl (C=O) groups is 3. The molecule has 11 heteroatoms. The van der Waals surface area contributed by atoms with Crippen LogP contribution in [0, 0.1) is 17.8 Å². The summed E-state index contributed by atoms with van der Waals surface area (Å²) >= 11 is 6.92. The molecule has 0 heterocycles. The number of aromatic hydroxyl groups is 1. The summed E-state index contributed by atoms with van der Waals surface area (Å²) in [5.74, 6) is -6.16. The van der Waals surface area contributed by atoms with E-state index < -0.39 is 58.0 Å². The highest BCUT2D eigenvalue weighted by atomic mass is 35.5. The minimum atomic E-state index is -2.66. The molecule has 4 atom stereocenters. The Labute approximate surface area is 250 Å². The summed E-state index contributed by atoms with van der Waals surface area (Å²) in [6, 6.07) is 0.367. The van der Waals surface area contributed by atoms with Crippen molar-refractivity contribution in [2.75, 3.05) is 27.7 Å². The van der Waals surface area contributed by atoms with Gasteiger partial charge in [-0.3, -0.25) is 19.3 Å². The predicted molar refractivity (Wildman–Crippen MR) is 157 cm³/mol. The second-order valence-corrected chi connectivity index (χ2v) is 13.1. The lowest BCUT2D eigenvalue weighted by Crippen LogP contribution is -2.65. The number of aliphatic hydroxyl groups is 3. The van der Waals surface area contributed by atoms with Gasteiger partial charge in [-0.25, -0.2) is 0 Å². The third-order valence-electron chi connectivity index (χ3n) is 9.71. The number of nitrogens with two attached hydrogens (primary N) is 1. The van der Waals surface area contributed by atoms with Crippen LogP contribution >= 0.6 is 11.6 Å². The summed E-state index contributed by atoms with van der Waals surface area (Å²) in [6.45, 7) is 1.40. The number of Topliss-reactive ketones (excluding diaryl/α,β-unsaturated/α-hetero) is 2. The van der Waals surface area contributed by atoms with Crippen LogP contribution in [0.15, 0.2) is 23.0 Å². The Hall–Kier alpha value is -2.92. The first-order chi connectivity index (χ1) is 19.8. The van der Waals surface area contributed by atoms with Gasteiger partial charge in [0, 0.05) is 29.6 Å². The third-order valence-corrected chi connectivity index (χ3v) is 10.2. The Morgan fingerprint density at radius 3 is 2.33 bits per heavy atom. The molecule has 0 unspecified atom stereocenters. The number of aliphatic hydroxyl groups excluding tert-OH is 2. The quantitative estimate of drug-likeness (QED) is 0.243. The molecule has 4 aliphatic carbocycles. The van der Waals surface area contributed by atoms with Crippen molar-refractivity contribution in [3.8, 4) is 5.75 Å². The molecule has 228 valence electrons. The van der Waals surface area contributed by atoms with E-state index in [2.05, 4.69) is 4.90 Å². The fourth-order valence-electron chi connectivity index (χ4n) is 7.80. The zero-order valence-corrected chi connectivity index (χ0v) is 25.1. The van der Waals surface area contributed by atoms with E-state index >= 15 is 0 Å². The molecule has 42 heavy (non-hydrogen) atoms. The van der Waals surface area contributed by atoms with Crippen LogP contribution in [-0.4, -0.2) is 87.0 Å². The topological polar surface area (TPSA) is 165 Å². The average Bonchev–Trinajstić information content (AvgIpc) is 3.17. The smallest absolute Gasteiger partial charge is 0.255 e. The number of benzene rings is 1. The number of phenolic OH excluding ortho intramolecular Hbond substituents is 1. The molecule has 1 amide bonds. The molecule has 0 saturated heterocycles. The van der Waals surface area contributed by atoms with Crippen molar-refractivity contribution in [1.82, 2.24) is 9.80 Å². The molecular formula is C31H40ClN3O7. The lowest BCUT2D eigenvalue weighted by Gasteiger charge is -2.50. The van der Waals surface area contributed by atoms with Crippen molar-refractivity contribution in [2.24, 2.45) is 23.5 Å². The van der Waals surface area contributed by atoms with Crippen LogP contribution in [0.25, 0.3) is 5.76 Å². The van der Waals surface area contributed by atoms with E-state index in [4.69, 9.17) is 17.3 Å². The first kappa shape index (κ1) is 30.5. The lowest BCUT2D eigenvalue weighted by atomic mass is 9.57. The van der Waals surface area contributed by atoms with Crippen LogP contribution in [0.3, 0.4) is 0 Å². The maximum absolute atomic E-state index is 13.9. The molecule has 0 aromatic heterocycles. The van der Waals surface area contributed by atoms with Gasteiger partial charge in [0.25, 0.3) is 5.91 Å². The SMILES string of the molecule is CN(Cc1cc(O)c2c(c1Cl)C[C@H]1C[C@H]3[C@H](N(C)C)C(=O)C(C(N)=O)=C(O)[C@@]3(O)C(=O)C1=C2O)CC1CCCCCC1. The van der Waals surface area contributed by atoms with Crippen LogP contribution < -0.4 is 5.73 Å². The van der Waals surface area contributed by atoms with Crippen molar-refractivity contribution in [1.29, 1.82) is 0 Å². The van der Waals surface area contributed by atoms with Crippen LogP contribution in [0.1, 0.15) is 61.6 Å².